The Bertz CT molecular complexity index is 924. The van der Waals surface area contributed by atoms with Gasteiger partial charge in [0.05, 0.1) is 15.5 Å². The third-order valence-electron chi connectivity index (χ3n) is 3.08. The fourth-order valence-corrected chi connectivity index (χ4v) is 4.36. The second-order valence-corrected chi connectivity index (χ2v) is 9.19. The summed E-state index contributed by atoms with van der Waals surface area (Å²) in [5, 5.41) is 0. The molecule has 0 aliphatic carbocycles. The summed E-state index contributed by atoms with van der Waals surface area (Å²) in [6.07, 6.45) is 0. The van der Waals surface area contributed by atoms with E-state index in [9.17, 15) is 16.8 Å². The first-order valence-electron chi connectivity index (χ1n) is 6.48. The molecule has 124 valence electrons. The first kappa shape index (κ1) is 17.9. The van der Waals surface area contributed by atoms with Crippen molar-refractivity contribution in [2.24, 2.45) is 0 Å². The Morgan fingerprint density at radius 3 is 1.87 bits per heavy atom. The molecule has 9 heteroatoms. The summed E-state index contributed by atoms with van der Waals surface area (Å²) in [5.41, 5.74) is 1.39. The Kier molecular flexibility index (Phi) is 5.14. The Morgan fingerprint density at radius 2 is 1.39 bits per heavy atom. The highest BCUT2D eigenvalue weighted by Crippen LogP contribution is 2.26. The summed E-state index contributed by atoms with van der Waals surface area (Å²) >= 11 is 3.30. The average Bonchev–Trinajstić information content (AvgIpc) is 2.50. The van der Waals surface area contributed by atoms with Crippen LogP contribution >= 0.6 is 15.9 Å². The largest absolute Gasteiger partial charge is 0.278 e. The number of anilines is 1. The fourth-order valence-electron chi connectivity index (χ4n) is 1.82. The zero-order chi connectivity index (χ0) is 17.3. The van der Waals surface area contributed by atoms with Gasteiger partial charge in [-0.05, 0) is 71.9 Å². The molecule has 0 fully saturated rings. The van der Waals surface area contributed by atoms with Crippen LogP contribution in [0.3, 0.4) is 0 Å². The van der Waals surface area contributed by atoms with Crippen LogP contribution in [0.25, 0.3) is 0 Å². The summed E-state index contributed by atoms with van der Waals surface area (Å²) in [6.45, 7) is 1.89. The van der Waals surface area contributed by atoms with E-state index < -0.39 is 20.0 Å². The molecule has 0 heterocycles. The van der Waals surface area contributed by atoms with E-state index in [1.807, 2.05) is 6.92 Å². The summed E-state index contributed by atoms with van der Waals surface area (Å²) in [6, 6.07) is 10.2. The van der Waals surface area contributed by atoms with Gasteiger partial charge in [0.1, 0.15) is 0 Å². The molecule has 2 aromatic rings. The molecule has 6 nitrogen and oxygen atoms in total. The quantitative estimate of drug-likeness (QED) is 0.779. The van der Waals surface area contributed by atoms with Gasteiger partial charge in [-0.3, -0.25) is 4.72 Å². The van der Waals surface area contributed by atoms with Gasteiger partial charge >= 0.3 is 0 Å². The van der Waals surface area contributed by atoms with Crippen molar-refractivity contribution in [3.63, 3.8) is 0 Å². The molecule has 2 N–H and O–H groups in total. The Morgan fingerprint density at radius 1 is 0.870 bits per heavy atom. The smallest absolute Gasteiger partial charge is 0.261 e. The number of halogens is 1. The summed E-state index contributed by atoms with van der Waals surface area (Å²) in [7, 11) is -6.13. The summed E-state index contributed by atoms with van der Waals surface area (Å²) in [5.74, 6) is 0. The van der Waals surface area contributed by atoms with Gasteiger partial charge in [-0.2, -0.15) is 0 Å². The van der Waals surface area contributed by atoms with Crippen molar-refractivity contribution in [2.75, 3.05) is 11.8 Å². The molecule has 2 rings (SSSR count). The van der Waals surface area contributed by atoms with E-state index in [4.69, 9.17) is 0 Å². The van der Waals surface area contributed by atoms with Crippen molar-refractivity contribution in [3.8, 4) is 0 Å². The summed E-state index contributed by atoms with van der Waals surface area (Å²) < 4.78 is 53.3. The predicted octanol–water partition coefficient (Wildman–Crippen LogP) is 2.47. The molecule has 0 saturated carbocycles. The monoisotopic (exact) mass is 418 g/mol. The molecule has 0 aliphatic rings. The van der Waals surface area contributed by atoms with Crippen LogP contribution in [0.4, 0.5) is 5.69 Å². The maximum atomic E-state index is 12.4. The van der Waals surface area contributed by atoms with E-state index in [0.29, 0.717) is 10.2 Å². The van der Waals surface area contributed by atoms with Crippen molar-refractivity contribution in [3.05, 3.63) is 52.5 Å². The highest BCUT2D eigenvalue weighted by molar-refractivity contribution is 9.10. The van der Waals surface area contributed by atoms with Gasteiger partial charge in [-0.1, -0.05) is 6.07 Å². The normalized spacial score (nSPS) is 12.1. The number of hydrogen-bond donors (Lipinski definition) is 2. The Balaban J connectivity index is 2.33. The van der Waals surface area contributed by atoms with E-state index in [2.05, 4.69) is 25.4 Å². The van der Waals surface area contributed by atoms with Crippen molar-refractivity contribution < 1.29 is 16.8 Å². The molecule has 0 radical (unpaired) electrons. The van der Waals surface area contributed by atoms with Crippen LogP contribution in [-0.2, 0) is 20.0 Å². The number of hydrogen-bond acceptors (Lipinski definition) is 4. The highest BCUT2D eigenvalue weighted by Gasteiger charge is 2.18. The van der Waals surface area contributed by atoms with E-state index in [0.717, 1.165) is 5.56 Å². The fraction of sp³-hybridized carbons (Fsp3) is 0.143. The van der Waals surface area contributed by atoms with Gasteiger partial charge in [0, 0.05) is 4.47 Å². The molecule has 0 amide bonds. The van der Waals surface area contributed by atoms with Crippen molar-refractivity contribution >= 4 is 41.7 Å². The van der Waals surface area contributed by atoms with Gasteiger partial charge in [-0.25, -0.2) is 21.6 Å². The number of rotatable bonds is 5. The lowest BCUT2D eigenvalue weighted by Gasteiger charge is -2.11. The van der Waals surface area contributed by atoms with E-state index >= 15 is 0 Å². The molecule has 0 atom stereocenters. The molecule has 0 bridgehead atoms. The number of aryl methyl sites for hydroxylation is 1. The minimum Gasteiger partial charge on any atom is -0.278 e. The maximum absolute atomic E-state index is 12.4. The molecule has 0 saturated heterocycles. The first-order chi connectivity index (χ1) is 10.7. The standard InChI is InChI=1S/C14H15BrN2O4S2/c1-10-3-8-14(13(15)9-10)17-23(20,21)12-6-4-11(5-7-12)22(18,19)16-2/h3-9,16-17H,1-2H3. The lowest BCUT2D eigenvalue weighted by atomic mass is 10.2. The zero-order valence-electron chi connectivity index (χ0n) is 12.4. The van der Waals surface area contributed by atoms with E-state index in [1.54, 1.807) is 18.2 Å². The van der Waals surface area contributed by atoms with Crippen LogP contribution in [-0.4, -0.2) is 23.9 Å². The molecule has 0 aliphatic heterocycles. The molecule has 0 unspecified atom stereocenters. The van der Waals surface area contributed by atoms with Crippen LogP contribution < -0.4 is 9.44 Å². The van der Waals surface area contributed by atoms with Gasteiger partial charge < -0.3 is 0 Å². The zero-order valence-corrected chi connectivity index (χ0v) is 15.6. The summed E-state index contributed by atoms with van der Waals surface area (Å²) in [4.78, 5) is -0.0319. The first-order valence-corrected chi connectivity index (χ1v) is 10.2. The third-order valence-corrected chi connectivity index (χ3v) is 6.55. The minimum atomic E-state index is -3.81. The number of nitrogens with one attached hydrogen (secondary N) is 2. The number of benzene rings is 2. The molecular formula is C14H15BrN2O4S2. The molecule has 0 aromatic heterocycles. The second kappa shape index (κ2) is 6.60. The number of sulfonamides is 2. The van der Waals surface area contributed by atoms with Crippen LogP contribution in [0.1, 0.15) is 5.56 Å². The van der Waals surface area contributed by atoms with E-state index in [1.165, 1.54) is 31.3 Å². The Labute approximate surface area is 144 Å². The topological polar surface area (TPSA) is 92.3 Å². The lowest BCUT2D eigenvalue weighted by Crippen LogP contribution is -2.19. The van der Waals surface area contributed by atoms with Crippen molar-refractivity contribution in [1.29, 1.82) is 0 Å². The van der Waals surface area contributed by atoms with Crippen LogP contribution in [0.5, 0.6) is 0 Å². The SMILES string of the molecule is CNS(=O)(=O)c1ccc(S(=O)(=O)Nc2ccc(C)cc2Br)cc1. The van der Waals surface area contributed by atoms with Crippen LogP contribution in [0.2, 0.25) is 0 Å². The molecule has 0 spiro atoms. The van der Waals surface area contributed by atoms with Crippen molar-refractivity contribution in [2.45, 2.75) is 16.7 Å². The van der Waals surface area contributed by atoms with Crippen LogP contribution in [0.15, 0.2) is 56.7 Å². The van der Waals surface area contributed by atoms with Crippen LogP contribution in [0, 0.1) is 6.92 Å². The maximum Gasteiger partial charge on any atom is 0.261 e. The molecular weight excluding hydrogens is 404 g/mol. The van der Waals surface area contributed by atoms with Gasteiger partial charge in [0.25, 0.3) is 10.0 Å². The lowest BCUT2D eigenvalue weighted by molar-refractivity contribution is 0.587. The van der Waals surface area contributed by atoms with Gasteiger partial charge in [0.2, 0.25) is 10.0 Å². The predicted molar refractivity (Wildman–Crippen MR) is 92.4 cm³/mol. The third kappa shape index (κ3) is 4.11. The minimum absolute atomic E-state index is 0.00420. The van der Waals surface area contributed by atoms with E-state index in [-0.39, 0.29) is 9.79 Å². The average molecular weight is 419 g/mol. The Hall–Kier alpha value is -1.42. The van der Waals surface area contributed by atoms with Crippen molar-refractivity contribution in [1.82, 2.24) is 4.72 Å². The second-order valence-electron chi connectivity index (χ2n) is 4.77. The van der Waals surface area contributed by atoms with Gasteiger partial charge in [0.15, 0.2) is 0 Å². The molecule has 2 aromatic carbocycles. The molecule has 23 heavy (non-hydrogen) atoms. The highest BCUT2D eigenvalue weighted by atomic mass is 79.9. The van der Waals surface area contributed by atoms with Gasteiger partial charge in [-0.15, -0.1) is 0 Å².